The molecule has 2 N–H and O–H groups in total. The number of nitrogens with zero attached hydrogens (tertiary/aromatic N) is 2. The largest absolute Gasteiger partial charge is 0.351 e. The molecular weight excluding hydrogens is 339 g/mol. The molecule has 1 saturated heterocycles. The van der Waals surface area contributed by atoms with Crippen LogP contribution in [-0.2, 0) is 6.42 Å². The van der Waals surface area contributed by atoms with E-state index in [-0.39, 0.29) is 11.7 Å². The Bertz CT molecular complexity index is 683. The van der Waals surface area contributed by atoms with Gasteiger partial charge in [0.05, 0.1) is 5.01 Å². The minimum Gasteiger partial charge on any atom is -0.351 e. The Morgan fingerprint density at radius 1 is 1.28 bits per heavy atom. The molecule has 1 aromatic heterocycles. The minimum absolute atomic E-state index is 0.123. The van der Waals surface area contributed by atoms with Crippen molar-refractivity contribution in [2.75, 3.05) is 39.3 Å². The molecule has 0 radical (unpaired) electrons. The van der Waals surface area contributed by atoms with Crippen LogP contribution in [0, 0.1) is 5.82 Å². The zero-order valence-corrected chi connectivity index (χ0v) is 14.9. The molecule has 0 saturated carbocycles. The number of carbonyl (C=O) groups excluding carboxylic acids is 1. The highest BCUT2D eigenvalue weighted by Gasteiger charge is 2.12. The predicted octanol–water partition coefficient (Wildman–Crippen LogP) is 1.90. The molecule has 1 aromatic carbocycles. The van der Waals surface area contributed by atoms with Crippen LogP contribution < -0.4 is 10.6 Å². The lowest BCUT2D eigenvalue weighted by molar-refractivity contribution is 0.0947. The van der Waals surface area contributed by atoms with Crippen LogP contribution >= 0.6 is 11.3 Å². The lowest BCUT2D eigenvalue weighted by Gasteiger charge is -2.26. The molecule has 1 aliphatic heterocycles. The number of hydrogen-bond acceptors (Lipinski definition) is 5. The molecule has 0 unspecified atom stereocenters. The number of piperazine rings is 1. The van der Waals surface area contributed by atoms with Gasteiger partial charge in [0.25, 0.3) is 5.91 Å². The summed E-state index contributed by atoms with van der Waals surface area (Å²) in [6.07, 6.45) is 1.56. The van der Waals surface area contributed by atoms with Gasteiger partial charge in [-0.25, -0.2) is 9.37 Å². The van der Waals surface area contributed by atoms with Gasteiger partial charge in [-0.15, -0.1) is 11.3 Å². The second-order valence-corrected chi connectivity index (χ2v) is 7.07. The highest BCUT2D eigenvalue weighted by atomic mass is 32.1. The fourth-order valence-corrected chi connectivity index (χ4v) is 3.61. The topological polar surface area (TPSA) is 57.3 Å². The number of carbonyl (C=O) groups is 1. The van der Waals surface area contributed by atoms with E-state index >= 15 is 0 Å². The third-order valence-corrected chi connectivity index (χ3v) is 5.05. The van der Waals surface area contributed by atoms with Gasteiger partial charge in [0, 0.05) is 44.5 Å². The zero-order chi connectivity index (χ0) is 17.5. The quantitative estimate of drug-likeness (QED) is 0.739. The molecule has 5 nitrogen and oxygen atoms in total. The zero-order valence-electron chi connectivity index (χ0n) is 14.1. The maximum absolute atomic E-state index is 12.9. The molecule has 3 rings (SSSR count). The van der Waals surface area contributed by atoms with E-state index in [1.54, 1.807) is 17.5 Å². The molecule has 1 fully saturated rings. The van der Waals surface area contributed by atoms with Crippen LogP contribution in [0.3, 0.4) is 0 Å². The van der Waals surface area contributed by atoms with Crippen molar-refractivity contribution in [3.63, 3.8) is 0 Å². The van der Waals surface area contributed by atoms with E-state index in [1.807, 2.05) is 0 Å². The third-order valence-electron chi connectivity index (χ3n) is 4.20. The van der Waals surface area contributed by atoms with Gasteiger partial charge in [-0.1, -0.05) is 12.1 Å². The van der Waals surface area contributed by atoms with Crippen molar-refractivity contribution >= 4 is 17.2 Å². The monoisotopic (exact) mass is 362 g/mol. The van der Waals surface area contributed by atoms with E-state index in [0.29, 0.717) is 18.7 Å². The van der Waals surface area contributed by atoms with Gasteiger partial charge in [0.1, 0.15) is 11.5 Å². The molecule has 0 atom stereocenters. The Balaban J connectivity index is 1.41. The van der Waals surface area contributed by atoms with Gasteiger partial charge < -0.3 is 15.5 Å². The highest BCUT2D eigenvalue weighted by molar-refractivity contribution is 7.09. The molecule has 1 aliphatic rings. The second-order valence-electron chi connectivity index (χ2n) is 6.13. The number of aromatic nitrogens is 1. The first-order valence-corrected chi connectivity index (χ1v) is 9.49. The first kappa shape index (κ1) is 18.0. The fraction of sp³-hybridized carbons (Fsp3) is 0.444. The summed E-state index contributed by atoms with van der Waals surface area (Å²) < 4.78 is 12.9. The molecule has 1 amide bonds. The summed E-state index contributed by atoms with van der Waals surface area (Å²) in [7, 11) is 0. The number of hydrogen-bond donors (Lipinski definition) is 2. The minimum atomic E-state index is -0.247. The average molecular weight is 362 g/mol. The van der Waals surface area contributed by atoms with E-state index in [4.69, 9.17) is 0 Å². The van der Waals surface area contributed by atoms with Crippen LogP contribution in [-0.4, -0.2) is 55.1 Å². The van der Waals surface area contributed by atoms with Crippen LogP contribution in [0.4, 0.5) is 4.39 Å². The summed E-state index contributed by atoms with van der Waals surface area (Å²) in [6, 6.07) is 6.36. The third kappa shape index (κ3) is 5.59. The van der Waals surface area contributed by atoms with Gasteiger partial charge in [-0.3, -0.25) is 4.79 Å². The van der Waals surface area contributed by atoms with Crippen molar-refractivity contribution in [2.45, 2.75) is 12.8 Å². The van der Waals surface area contributed by atoms with E-state index in [1.165, 1.54) is 23.5 Å². The summed E-state index contributed by atoms with van der Waals surface area (Å²) >= 11 is 1.46. The number of rotatable bonds is 7. The summed E-state index contributed by atoms with van der Waals surface area (Å²) in [6.45, 7) is 5.91. The van der Waals surface area contributed by atoms with Crippen molar-refractivity contribution < 1.29 is 9.18 Å². The van der Waals surface area contributed by atoms with E-state index in [9.17, 15) is 9.18 Å². The van der Waals surface area contributed by atoms with Gasteiger partial charge >= 0.3 is 0 Å². The van der Waals surface area contributed by atoms with Gasteiger partial charge in [-0.2, -0.15) is 0 Å². The molecule has 0 bridgehead atoms. The Labute approximate surface area is 151 Å². The summed E-state index contributed by atoms with van der Waals surface area (Å²) in [5.41, 5.74) is 1.45. The molecule has 134 valence electrons. The van der Waals surface area contributed by atoms with Crippen LogP contribution in [0.2, 0.25) is 0 Å². The highest BCUT2D eigenvalue weighted by Crippen LogP contribution is 2.15. The van der Waals surface area contributed by atoms with Crippen molar-refractivity contribution in [1.82, 2.24) is 20.5 Å². The first-order chi connectivity index (χ1) is 12.2. The Hall–Kier alpha value is -1.83. The maximum Gasteiger partial charge on any atom is 0.270 e. The summed E-state index contributed by atoms with van der Waals surface area (Å²) in [4.78, 5) is 19.0. The van der Waals surface area contributed by atoms with E-state index in [0.717, 1.165) is 49.7 Å². The van der Waals surface area contributed by atoms with Crippen LogP contribution in [0.5, 0.6) is 0 Å². The number of thiazole rings is 1. The van der Waals surface area contributed by atoms with E-state index in [2.05, 4.69) is 20.5 Å². The lowest BCUT2D eigenvalue weighted by Crippen LogP contribution is -2.44. The summed E-state index contributed by atoms with van der Waals surface area (Å²) in [5, 5.41) is 8.91. The first-order valence-electron chi connectivity index (χ1n) is 8.61. The molecule has 2 heterocycles. The molecule has 2 aromatic rings. The Kier molecular flexibility index (Phi) is 6.49. The van der Waals surface area contributed by atoms with Crippen molar-refractivity contribution in [3.05, 3.63) is 51.7 Å². The SMILES string of the molecule is O=C(NCCCN1CCNCC1)c1csc(Cc2ccc(F)cc2)n1. The standard InChI is InChI=1S/C18H23FN4OS/c19-15-4-2-14(3-5-15)12-17-22-16(13-25-17)18(24)21-6-1-9-23-10-7-20-8-11-23/h2-5,13,20H,1,6-12H2,(H,21,24). The van der Waals surface area contributed by atoms with Crippen molar-refractivity contribution in [1.29, 1.82) is 0 Å². The normalized spacial score (nSPS) is 15.2. The number of benzene rings is 1. The molecular formula is C18H23FN4OS. The number of halogens is 1. The Morgan fingerprint density at radius 3 is 2.80 bits per heavy atom. The molecule has 0 aliphatic carbocycles. The fourth-order valence-electron chi connectivity index (χ4n) is 2.80. The molecule has 0 spiro atoms. The average Bonchev–Trinajstić information content (AvgIpc) is 3.10. The number of nitrogens with one attached hydrogen (secondary N) is 2. The molecule has 25 heavy (non-hydrogen) atoms. The van der Waals surface area contributed by atoms with Crippen LogP contribution in [0.25, 0.3) is 0 Å². The van der Waals surface area contributed by atoms with Gasteiger partial charge in [-0.05, 0) is 30.7 Å². The smallest absolute Gasteiger partial charge is 0.270 e. The van der Waals surface area contributed by atoms with Crippen LogP contribution in [0.15, 0.2) is 29.6 Å². The van der Waals surface area contributed by atoms with Gasteiger partial charge in [0.15, 0.2) is 0 Å². The maximum atomic E-state index is 12.9. The predicted molar refractivity (Wildman–Crippen MR) is 97.6 cm³/mol. The lowest BCUT2D eigenvalue weighted by atomic mass is 10.1. The molecule has 7 heteroatoms. The van der Waals surface area contributed by atoms with Crippen molar-refractivity contribution in [3.8, 4) is 0 Å². The summed E-state index contributed by atoms with van der Waals surface area (Å²) in [5.74, 6) is -0.370. The number of amides is 1. The second kappa shape index (κ2) is 9.03. The van der Waals surface area contributed by atoms with Crippen molar-refractivity contribution in [2.24, 2.45) is 0 Å². The van der Waals surface area contributed by atoms with E-state index < -0.39 is 0 Å². The Morgan fingerprint density at radius 2 is 2.04 bits per heavy atom. The van der Waals surface area contributed by atoms with Gasteiger partial charge in [0.2, 0.25) is 0 Å². The van der Waals surface area contributed by atoms with Crippen LogP contribution in [0.1, 0.15) is 27.5 Å².